The highest BCUT2D eigenvalue weighted by molar-refractivity contribution is 5.95. The minimum absolute atomic E-state index is 0.0175. The molecule has 1 aromatic heterocycles. The Morgan fingerprint density at radius 3 is 3.10 bits per heavy atom. The summed E-state index contributed by atoms with van der Waals surface area (Å²) in [4.78, 5) is 18.0. The van der Waals surface area contributed by atoms with E-state index in [2.05, 4.69) is 10.3 Å². The molecule has 1 atom stereocenters. The molecule has 1 aliphatic heterocycles. The first kappa shape index (κ1) is 15.7. The van der Waals surface area contributed by atoms with Gasteiger partial charge in [0.05, 0.1) is 18.2 Å². The number of aliphatic hydroxyl groups is 1. The molecule has 116 valence electrons. The van der Waals surface area contributed by atoms with Gasteiger partial charge in [0, 0.05) is 19.3 Å². The van der Waals surface area contributed by atoms with Crippen molar-refractivity contribution in [1.82, 2.24) is 9.88 Å². The molecule has 0 bridgehead atoms. The van der Waals surface area contributed by atoms with Gasteiger partial charge < -0.3 is 15.3 Å². The van der Waals surface area contributed by atoms with Crippen molar-refractivity contribution in [2.75, 3.05) is 25.0 Å². The number of carbonyl (C=O) groups is 1. The topological polar surface area (TPSA) is 65.5 Å². The average Bonchev–Trinajstić information content (AvgIpc) is 2.53. The number of nitrogens with one attached hydrogen (secondary N) is 1. The molecule has 5 nitrogen and oxygen atoms in total. The van der Waals surface area contributed by atoms with Crippen LogP contribution in [0.1, 0.15) is 43.0 Å². The third-order valence-electron chi connectivity index (χ3n) is 3.76. The summed E-state index contributed by atoms with van der Waals surface area (Å²) in [5, 5.41) is 12.3. The summed E-state index contributed by atoms with van der Waals surface area (Å²) in [6.45, 7) is 3.05. The van der Waals surface area contributed by atoms with Gasteiger partial charge in [0.2, 0.25) is 0 Å². The molecule has 1 aliphatic rings. The third kappa shape index (κ3) is 3.50. The molecule has 0 spiro atoms. The fourth-order valence-electron chi connectivity index (χ4n) is 2.59. The summed E-state index contributed by atoms with van der Waals surface area (Å²) in [7, 11) is 0. The Hall–Kier alpha value is -1.69. The number of rotatable bonds is 5. The van der Waals surface area contributed by atoms with Crippen molar-refractivity contribution in [2.24, 2.45) is 0 Å². The second-order valence-electron chi connectivity index (χ2n) is 5.28. The normalized spacial score (nSPS) is 18.6. The lowest BCUT2D eigenvalue weighted by atomic mass is 10.0. The number of pyridine rings is 1. The molecule has 0 aromatic carbocycles. The zero-order chi connectivity index (χ0) is 15.2. The molecule has 1 aromatic rings. The van der Waals surface area contributed by atoms with Gasteiger partial charge >= 0.3 is 0 Å². The molecule has 2 N–H and O–H groups in total. The van der Waals surface area contributed by atoms with Gasteiger partial charge in [-0.1, -0.05) is 6.92 Å². The number of halogens is 1. The quantitative estimate of drug-likeness (QED) is 0.872. The van der Waals surface area contributed by atoms with Crippen LogP contribution in [0.4, 0.5) is 10.2 Å². The van der Waals surface area contributed by atoms with Crippen LogP contribution < -0.4 is 5.32 Å². The van der Waals surface area contributed by atoms with Crippen LogP contribution in [-0.2, 0) is 0 Å². The maximum absolute atomic E-state index is 14.4. The number of amides is 1. The zero-order valence-corrected chi connectivity index (χ0v) is 12.3. The van der Waals surface area contributed by atoms with Crippen LogP contribution in [0, 0.1) is 5.82 Å². The Kier molecular flexibility index (Phi) is 5.50. The first-order valence-electron chi connectivity index (χ1n) is 7.49. The van der Waals surface area contributed by atoms with Crippen molar-refractivity contribution >= 4 is 11.7 Å². The number of aromatic nitrogens is 1. The Morgan fingerprint density at radius 2 is 2.38 bits per heavy atom. The number of anilines is 1. The maximum atomic E-state index is 14.4. The number of nitrogens with zero attached hydrogens (tertiary/aromatic N) is 2. The van der Waals surface area contributed by atoms with Gasteiger partial charge in [0.1, 0.15) is 0 Å². The zero-order valence-electron chi connectivity index (χ0n) is 12.3. The smallest absolute Gasteiger partial charge is 0.257 e. The summed E-state index contributed by atoms with van der Waals surface area (Å²) in [6.07, 6.45) is 4.91. The van der Waals surface area contributed by atoms with E-state index in [9.17, 15) is 14.3 Å². The molecule has 0 radical (unpaired) electrons. The van der Waals surface area contributed by atoms with Crippen LogP contribution in [0.15, 0.2) is 12.3 Å². The molecular formula is C15H22FN3O2. The molecule has 1 unspecified atom stereocenters. The fourth-order valence-corrected chi connectivity index (χ4v) is 2.59. The van der Waals surface area contributed by atoms with Gasteiger partial charge in [-0.3, -0.25) is 4.79 Å². The van der Waals surface area contributed by atoms with Crippen LogP contribution in [-0.4, -0.2) is 46.6 Å². The van der Waals surface area contributed by atoms with Crippen molar-refractivity contribution in [3.8, 4) is 0 Å². The van der Waals surface area contributed by atoms with Gasteiger partial charge in [0.15, 0.2) is 11.6 Å². The monoisotopic (exact) mass is 295 g/mol. The van der Waals surface area contributed by atoms with Crippen LogP contribution >= 0.6 is 0 Å². The SMILES string of the molecule is CCCNc1nccc(C(=O)N2CCCCC2CO)c1F. The lowest BCUT2D eigenvalue weighted by Gasteiger charge is -2.34. The molecule has 1 fully saturated rings. The molecule has 2 rings (SSSR count). The third-order valence-corrected chi connectivity index (χ3v) is 3.76. The highest BCUT2D eigenvalue weighted by Crippen LogP contribution is 2.22. The standard InChI is InChI=1S/C15H22FN3O2/c1-2-7-17-14-13(16)12(6-8-18-14)15(21)19-9-4-3-5-11(19)10-20/h6,8,11,20H,2-5,7,9-10H2,1H3,(H,17,18). The van der Waals surface area contributed by atoms with Gasteiger partial charge in [0.25, 0.3) is 5.91 Å². The number of likely N-dealkylation sites (tertiary alicyclic amines) is 1. The van der Waals surface area contributed by atoms with E-state index in [1.54, 1.807) is 4.90 Å². The van der Waals surface area contributed by atoms with Crippen molar-refractivity contribution in [1.29, 1.82) is 0 Å². The van der Waals surface area contributed by atoms with Gasteiger partial charge in [-0.05, 0) is 31.7 Å². The second kappa shape index (κ2) is 7.36. The van der Waals surface area contributed by atoms with Crippen molar-refractivity contribution in [3.05, 3.63) is 23.6 Å². The predicted octanol–water partition coefficient (Wildman–Crippen LogP) is 2.03. The van der Waals surface area contributed by atoms with E-state index in [4.69, 9.17) is 0 Å². The average molecular weight is 295 g/mol. The summed E-state index contributed by atoms with van der Waals surface area (Å²) in [5.41, 5.74) is 0.0175. The lowest BCUT2D eigenvalue weighted by molar-refractivity contribution is 0.0498. The summed E-state index contributed by atoms with van der Waals surface area (Å²) in [6, 6.07) is 1.18. The molecule has 6 heteroatoms. The van der Waals surface area contributed by atoms with Gasteiger partial charge in [-0.25, -0.2) is 9.37 Å². The molecule has 1 amide bonds. The second-order valence-corrected chi connectivity index (χ2v) is 5.28. The van der Waals surface area contributed by atoms with E-state index in [1.165, 1.54) is 12.3 Å². The summed E-state index contributed by atoms with van der Waals surface area (Å²) < 4.78 is 14.4. The number of piperidine rings is 1. The maximum Gasteiger partial charge on any atom is 0.257 e. The van der Waals surface area contributed by atoms with E-state index >= 15 is 0 Å². The van der Waals surface area contributed by atoms with E-state index < -0.39 is 5.82 Å². The predicted molar refractivity (Wildman–Crippen MR) is 78.7 cm³/mol. The van der Waals surface area contributed by atoms with Crippen molar-refractivity contribution < 1.29 is 14.3 Å². The number of hydrogen-bond acceptors (Lipinski definition) is 4. The van der Waals surface area contributed by atoms with Crippen LogP contribution in [0.25, 0.3) is 0 Å². The molecular weight excluding hydrogens is 273 g/mol. The number of hydrogen-bond donors (Lipinski definition) is 2. The van der Waals surface area contributed by atoms with Crippen molar-refractivity contribution in [3.63, 3.8) is 0 Å². The largest absolute Gasteiger partial charge is 0.394 e. The van der Waals surface area contributed by atoms with E-state index in [0.29, 0.717) is 13.1 Å². The summed E-state index contributed by atoms with van der Waals surface area (Å²) >= 11 is 0. The fraction of sp³-hybridized carbons (Fsp3) is 0.600. The lowest BCUT2D eigenvalue weighted by Crippen LogP contribution is -2.45. The highest BCUT2D eigenvalue weighted by Gasteiger charge is 2.29. The van der Waals surface area contributed by atoms with Gasteiger partial charge in [-0.15, -0.1) is 0 Å². The van der Waals surface area contributed by atoms with E-state index in [0.717, 1.165) is 25.7 Å². The van der Waals surface area contributed by atoms with Crippen molar-refractivity contribution in [2.45, 2.75) is 38.6 Å². The first-order valence-corrected chi connectivity index (χ1v) is 7.49. The van der Waals surface area contributed by atoms with Gasteiger partial charge in [-0.2, -0.15) is 0 Å². The minimum atomic E-state index is -0.613. The molecule has 0 aliphatic carbocycles. The first-order chi connectivity index (χ1) is 10.2. The highest BCUT2D eigenvalue weighted by atomic mass is 19.1. The molecule has 0 saturated carbocycles. The Bertz CT molecular complexity index is 496. The molecule has 21 heavy (non-hydrogen) atoms. The Labute approximate surface area is 124 Å². The van der Waals surface area contributed by atoms with Crippen LogP contribution in [0.2, 0.25) is 0 Å². The van der Waals surface area contributed by atoms with E-state index in [-0.39, 0.29) is 29.9 Å². The molecule has 2 heterocycles. The number of aliphatic hydroxyl groups excluding tert-OH is 1. The summed E-state index contributed by atoms with van der Waals surface area (Å²) in [5.74, 6) is -0.869. The van der Waals surface area contributed by atoms with E-state index in [1.807, 2.05) is 6.92 Å². The number of carbonyl (C=O) groups excluding carboxylic acids is 1. The van der Waals surface area contributed by atoms with Crippen LogP contribution in [0.5, 0.6) is 0 Å². The van der Waals surface area contributed by atoms with Crippen LogP contribution in [0.3, 0.4) is 0 Å². The Morgan fingerprint density at radius 1 is 1.57 bits per heavy atom. The minimum Gasteiger partial charge on any atom is -0.394 e. The molecule has 1 saturated heterocycles. The Balaban J connectivity index is 2.22.